The van der Waals surface area contributed by atoms with Gasteiger partial charge in [-0.2, -0.15) is 16.8 Å². The smallest absolute Gasteiger partial charge is 0.423 e. The molecular formula is C84H100N16O16S2. The van der Waals surface area contributed by atoms with Crippen molar-refractivity contribution in [3.8, 4) is 22.5 Å². The van der Waals surface area contributed by atoms with E-state index in [1.54, 1.807) is 72.1 Å². The number of alkyl carbamates (subject to hydrolysis) is 2. The van der Waals surface area contributed by atoms with Gasteiger partial charge in [-0.25, -0.2) is 39.1 Å². The van der Waals surface area contributed by atoms with E-state index in [9.17, 15) is 55.2 Å². The van der Waals surface area contributed by atoms with Crippen LogP contribution in [-0.4, -0.2) is 189 Å². The van der Waals surface area contributed by atoms with E-state index in [0.717, 1.165) is 71.5 Å². The number of rotatable bonds is 28. The van der Waals surface area contributed by atoms with Gasteiger partial charge in [0.2, 0.25) is 23.6 Å². The Hall–Kier alpha value is -12.2. The molecule has 8 aromatic rings. The number of hydrogen-bond donors (Lipinski definition) is 8. The first-order chi connectivity index (χ1) is 56.5. The molecule has 34 heteroatoms. The number of amides is 8. The molecule has 4 unspecified atom stereocenters. The minimum atomic E-state index is -5.06. The maximum absolute atomic E-state index is 14.5. The number of allylic oxidation sites excluding steroid dienone is 4. The van der Waals surface area contributed by atoms with Gasteiger partial charge in [0.1, 0.15) is 57.3 Å². The predicted molar refractivity (Wildman–Crippen MR) is 439 cm³/mol. The van der Waals surface area contributed by atoms with Crippen LogP contribution in [0.1, 0.15) is 177 Å². The van der Waals surface area contributed by atoms with E-state index < -0.39 is 114 Å². The number of carbonyl (C=O) groups is 8. The first kappa shape index (κ1) is 85.2. The normalized spacial score (nSPS) is 18.4. The third-order valence-corrected chi connectivity index (χ3v) is 24.1. The minimum absolute atomic E-state index is 0.153. The molecule has 118 heavy (non-hydrogen) atoms. The summed E-state index contributed by atoms with van der Waals surface area (Å²) in [5.41, 5.74) is 6.40. The highest BCUT2D eigenvalue weighted by molar-refractivity contribution is 7.88. The van der Waals surface area contributed by atoms with E-state index in [-0.39, 0.29) is 46.5 Å². The molecule has 4 aliphatic rings. The number of aromatic amines is 4. The van der Waals surface area contributed by atoms with E-state index >= 15 is 0 Å². The molecular weight excluding hydrogens is 1550 g/mol. The van der Waals surface area contributed by atoms with Crippen LogP contribution in [0.15, 0.2) is 144 Å². The second-order valence-electron chi connectivity index (χ2n) is 31.0. The van der Waals surface area contributed by atoms with E-state index in [0.29, 0.717) is 86.5 Å². The third kappa shape index (κ3) is 19.7. The first-order valence-electron chi connectivity index (χ1n) is 39.5. The summed E-state index contributed by atoms with van der Waals surface area (Å²) in [6, 6.07) is 17.2. The van der Waals surface area contributed by atoms with Crippen molar-refractivity contribution in [2.45, 2.75) is 165 Å². The topological polar surface area (TPSA) is 418 Å². The van der Waals surface area contributed by atoms with E-state index in [4.69, 9.17) is 17.8 Å². The van der Waals surface area contributed by atoms with Crippen LogP contribution in [0.4, 0.5) is 19.2 Å². The van der Waals surface area contributed by atoms with Crippen LogP contribution in [0.5, 0.6) is 0 Å². The van der Waals surface area contributed by atoms with Crippen LogP contribution in [0.3, 0.4) is 0 Å². The number of imidazole rings is 4. The number of likely N-dealkylation sites (tertiary alicyclic amines) is 4. The van der Waals surface area contributed by atoms with Crippen molar-refractivity contribution in [1.29, 1.82) is 0 Å². The molecule has 0 radical (unpaired) electrons. The molecule has 4 aromatic heterocycles. The number of fused-ring (bicyclic) bond motifs is 1. The number of ether oxygens (including phenoxy) is 2. The van der Waals surface area contributed by atoms with Gasteiger partial charge in [0.15, 0.2) is 0 Å². The molecule has 624 valence electrons. The molecule has 4 aliphatic heterocycles. The number of aromatic nitrogens is 8. The molecule has 0 spiro atoms. The van der Waals surface area contributed by atoms with Crippen molar-refractivity contribution in [2.24, 2.45) is 23.7 Å². The van der Waals surface area contributed by atoms with Gasteiger partial charge in [-0.05, 0) is 122 Å². The molecule has 0 saturated carbocycles. The maximum Gasteiger partial charge on any atom is 0.423 e. The Labute approximate surface area is 684 Å². The largest absolute Gasteiger partial charge is 0.453 e. The molecule has 8 amide bonds. The number of carbonyl (C=O) groups excluding carboxylic acids is 8. The van der Waals surface area contributed by atoms with E-state index in [2.05, 4.69) is 61.1 Å². The zero-order valence-electron chi connectivity index (χ0n) is 67.4. The van der Waals surface area contributed by atoms with Crippen molar-refractivity contribution in [2.75, 3.05) is 40.4 Å². The molecule has 0 bridgehead atoms. The summed E-state index contributed by atoms with van der Waals surface area (Å²) in [7, 11) is -7.60. The van der Waals surface area contributed by atoms with Gasteiger partial charge in [-0.1, -0.05) is 165 Å². The van der Waals surface area contributed by atoms with Gasteiger partial charge in [0.05, 0.1) is 86.0 Å². The highest BCUT2D eigenvalue weighted by atomic mass is 32.2. The fourth-order valence-corrected chi connectivity index (χ4v) is 17.5. The standard InChI is InChI=1S/C84H100N16O16S2/c1-49(2)69(93-81(105)113-9)77(101)97-41-17-27-63(97)73-85-45-57(89-73)23-13-11-21-53-33-37-55(38-34-53)61-47-87-75(91-61)65-29-19-43-99(65)79(103)71(51(5)6)95-83(107)115-117(109,110)67-31-15-26-60-59(67)25-16-32-68(60)118(111,112)116-84(108)96-72(52(7)8)80(104)100-44-20-30-66(100)76-88-48-62(92-76)56-39-35-54(36-40-56)22-12-14-24-58-46-86-74(90-58)64-28-18-42-98(64)78(102)70(50(3)4)94-82(106)114-10/h11-16,21-26,31-40,45-52,63-66,69-72H,17-20,27-30,41-44H2,1-10H3,(H,85,89)(H,86,90)(H,87,91)(H,88,92)(H,93,105)(H,94,106)(H,95,107)(H,96,108)/t63?,64?,65-,66-,69-,70-,71?,72?/m0/s1. The average molecular weight is 1650 g/mol. The predicted octanol–water partition coefficient (Wildman–Crippen LogP) is 12.2. The van der Waals surface area contributed by atoms with Gasteiger partial charge in [0.25, 0.3) is 0 Å². The number of hydrogen-bond acceptors (Lipinski definition) is 20. The number of benzene rings is 4. The lowest BCUT2D eigenvalue weighted by atomic mass is 10.0. The number of nitrogens with zero attached hydrogens (tertiary/aromatic N) is 8. The van der Waals surface area contributed by atoms with E-state index in [1.165, 1.54) is 38.5 Å². The van der Waals surface area contributed by atoms with Gasteiger partial charge >= 0.3 is 44.6 Å². The molecule has 12 rings (SSSR count). The van der Waals surface area contributed by atoms with Gasteiger partial charge in [-0.15, -0.1) is 0 Å². The van der Waals surface area contributed by atoms with Gasteiger partial charge in [-0.3, -0.25) is 19.2 Å². The monoisotopic (exact) mass is 1650 g/mol. The number of nitrogens with one attached hydrogen (secondary N) is 8. The summed E-state index contributed by atoms with van der Waals surface area (Å²) in [6.07, 6.45) is 23.1. The second kappa shape index (κ2) is 37.4. The number of methoxy groups -OCH3 is 2. The lowest BCUT2D eigenvalue weighted by Crippen LogP contribution is -2.51. The van der Waals surface area contributed by atoms with Crippen molar-refractivity contribution in [3.63, 3.8) is 0 Å². The van der Waals surface area contributed by atoms with Crippen molar-refractivity contribution in [1.82, 2.24) is 80.7 Å². The summed E-state index contributed by atoms with van der Waals surface area (Å²) in [4.78, 5) is 145. The molecule has 4 fully saturated rings. The van der Waals surface area contributed by atoms with E-state index in [1.807, 2.05) is 125 Å². The van der Waals surface area contributed by atoms with Crippen molar-refractivity contribution >= 4 is 103 Å². The summed E-state index contributed by atoms with van der Waals surface area (Å²) in [6.45, 7) is 15.9. The van der Waals surface area contributed by atoms with Crippen LogP contribution in [0.25, 0.3) is 57.6 Å². The van der Waals surface area contributed by atoms with Crippen LogP contribution < -0.4 is 21.3 Å². The summed E-state index contributed by atoms with van der Waals surface area (Å²) in [5.74, 6) is -0.461. The van der Waals surface area contributed by atoms with Gasteiger partial charge < -0.3 is 78.6 Å². The zero-order chi connectivity index (χ0) is 84.3. The van der Waals surface area contributed by atoms with Crippen LogP contribution in [-0.2, 0) is 57.3 Å². The zero-order valence-corrected chi connectivity index (χ0v) is 69.0. The van der Waals surface area contributed by atoms with Crippen LogP contribution in [0.2, 0.25) is 0 Å². The Morgan fingerprint density at radius 1 is 0.390 bits per heavy atom. The summed E-state index contributed by atoms with van der Waals surface area (Å²) in [5, 5.41) is 9.86. The first-order valence-corrected chi connectivity index (χ1v) is 42.3. The average Bonchev–Trinajstić information content (AvgIpc) is 1.21. The fourth-order valence-electron chi connectivity index (χ4n) is 15.4. The molecule has 8 N–H and O–H groups in total. The molecule has 8 atom stereocenters. The Morgan fingerprint density at radius 3 is 0.983 bits per heavy atom. The fraction of sp³-hybridized carbons (Fsp3) is 0.405. The molecule has 4 saturated heterocycles. The Balaban J connectivity index is 0.619. The molecule has 0 aliphatic carbocycles. The second-order valence-corrected chi connectivity index (χ2v) is 34.0. The SMILES string of the molecule is COC(=O)N[C@H](C(=O)N1CCCC1c1ncc(C=CC=Cc2ccc(-c3cnc([C@@H]4CCCN4C(=O)C(NC(=O)OS(=O)(=O)c4cccc5c(S(=O)(=O)OC(=O)NC(C(=O)N6CCC[C@H]6c6ncc(-c7ccc(C=CC=Cc8cnc(C9CCCN9C(=O)[C@@H](NC(=O)OC)C(C)C)[nH]8)cc7)[nH]6)C(C)C)cccc45)C(C)C)[nH]3)cc2)[nH]1)C(C)C. The summed E-state index contributed by atoms with van der Waals surface area (Å²) >= 11 is 0. The quantitative estimate of drug-likeness (QED) is 0.0167. The minimum Gasteiger partial charge on any atom is -0.453 e. The number of H-pyrrole nitrogens is 4. The van der Waals surface area contributed by atoms with Crippen molar-refractivity contribution < 1.29 is 73.0 Å². The van der Waals surface area contributed by atoms with Crippen molar-refractivity contribution in [3.05, 3.63) is 180 Å². The lowest BCUT2D eigenvalue weighted by molar-refractivity contribution is -0.136. The summed E-state index contributed by atoms with van der Waals surface area (Å²) < 4.78 is 76.3. The highest BCUT2D eigenvalue weighted by Crippen LogP contribution is 2.38. The molecule has 32 nitrogen and oxygen atoms in total. The Morgan fingerprint density at radius 2 is 0.678 bits per heavy atom. The maximum atomic E-state index is 14.5. The lowest BCUT2D eigenvalue weighted by Gasteiger charge is -2.30. The van der Waals surface area contributed by atoms with Gasteiger partial charge in [0, 0.05) is 37.0 Å². The molecule has 8 heterocycles. The molecule has 4 aromatic carbocycles. The Bertz CT molecular complexity index is 5030. The van der Waals surface area contributed by atoms with Crippen LogP contribution in [0, 0.1) is 23.7 Å². The highest BCUT2D eigenvalue weighted by Gasteiger charge is 2.43. The third-order valence-electron chi connectivity index (χ3n) is 21.6. The Kier molecular flexibility index (Phi) is 27.0. The van der Waals surface area contributed by atoms with Crippen LogP contribution >= 0.6 is 0 Å².